The maximum Gasteiger partial charge on any atom is 0.319 e. The third kappa shape index (κ3) is 12.4. The average molecular weight is 982 g/mol. The van der Waals surface area contributed by atoms with Gasteiger partial charge in [0.25, 0.3) is 11.8 Å². The van der Waals surface area contributed by atoms with E-state index < -0.39 is 0 Å². The lowest BCUT2D eigenvalue weighted by Gasteiger charge is -2.53. The summed E-state index contributed by atoms with van der Waals surface area (Å²) >= 11 is 0. The van der Waals surface area contributed by atoms with Crippen molar-refractivity contribution in [3.05, 3.63) is 129 Å². The number of nitrogens with zero attached hydrogens (tertiary/aromatic N) is 7. The highest BCUT2D eigenvalue weighted by molar-refractivity contribution is 5.99. The molecule has 0 radical (unpaired) electrons. The molecule has 4 aromatic rings. The van der Waals surface area contributed by atoms with E-state index in [9.17, 15) is 14.4 Å². The molecule has 390 valence electrons. The zero-order valence-corrected chi connectivity index (χ0v) is 46.0. The van der Waals surface area contributed by atoms with Gasteiger partial charge in [-0.15, -0.1) is 0 Å². The number of benzene rings is 3. The fourth-order valence-corrected chi connectivity index (χ4v) is 12.4. The Kier molecular flexibility index (Phi) is 18.1. The van der Waals surface area contributed by atoms with Gasteiger partial charge in [-0.2, -0.15) is 0 Å². The van der Waals surface area contributed by atoms with Crippen molar-refractivity contribution in [3.8, 4) is 0 Å². The molecule has 3 aromatic carbocycles. The smallest absolute Gasteiger partial charge is 0.319 e. The molecule has 0 saturated carbocycles. The summed E-state index contributed by atoms with van der Waals surface area (Å²) < 4.78 is 0. The van der Waals surface area contributed by atoms with Crippen LogP contribution in [0.1, 0.15) is 152 Å². The summed E-state index contributed by atoms with van der Waals surface area (Å²) in [4.78, 5) is 57.8. The van der Waals surface area contributed by atoms with E-state index in [0.29, 0.717) is 36.4 Å². The third-order valence-electron chi connectivity index (χ3n) is 17.1. The molecule has 0 spiro atoms. The fourth-order valence-electron chi connectivity index (χ4n) is 12.4. The Labute approximate surface area is 432 Å². The van der Waals surface area contributed by atoms with Gasteiger partial charge in [0.05, 0.1) is 0 Å². The third-order valence-corrected chi connectivity index (χ3v) is 17.1. The van der Waals surface area contributed by atoms with Crippen LogP contribution in [0.15, 0.2) is 79.1 Å². The van der Waals surface area contributed by atoms with Crippen molar-refractivity contribution in [1.29, 1.82) is 0 Å². The first kappa shape index (κ1) is 54.6. The molecule has 0 bridgehead atoms. The molecule has 4 atom stereocenters. The van der Waals surface area contributed by atoms with Crippen molar-refractivity contribution in [1.82, 2.24) is 39.7 Å². The van der Waals surface area contributed by atoms with Gasteiger partial charge in [0, 0.05) is 136 Å². The monoisotopic (exact) mass is 982 g/mol. The highest BCUT2D eigenvalue weighted by atomic mass is 16.2. The number of aromatic nitrogens is 1. The van der Waals surface area contributed by atoms with Crippen LogP contribution in [-0.2, 0) is 0 Å². The van der Waals surface area contributed by atoms with Crippen molar-refractivity contribution < 1.29 is 14.4 Å². The first-order valence-electron chi connectivity index (χ1n) is 27.1. The van der Waals surface area contributed by atoms with Crippen LogP contribution in [-0.4, -0.2) is 147 Å². The molecule has 8 rings (SSSR count). The quantitative estimate of drug-likeness (QED) is 0.153. The number of hydrogen-bond donors (Lipinski definition) is 2. The lowest BCUT2D eigenvalue weighted by Crippen LogP contribution is -2.62. The second-order valence-electron chi connectivity index (χ2n) is 22.2. The van der Waals surface area contributed by atoms with Crippen LogP contribution in [0.3, 0.4) is 0 Å². The molecule has 12 nitrogen and oxygen atoms in total. The molecule has 4 amide bonds. The van der Waals surface area contributed by atoms with Crippen molar-refractivity contribution in [3.63, 3.8) is 0 Å². The second kappa shape index (κ2) is 23.8. The number of amides is 4. The van der Waals surface area contributed by atoms with E-state index in [1.165, 1.54) is 16.7 Å². The molecule has 4 saturated heterocycles. The molecule has 4 aliphatic heterocycles. The lowest BCUT2D eigenvalue weighted by molar-refractivity contribution is -0.0305. The first-order chi connectivity index (χ1) is 34.4. The predicted octanol–water partition coefficient (Wildman–Crippen LogP) is 10.4. The van der Waals surface area contributed by atoms with Gasteiger partial charge in [0.1, 0.15) is 0 Å². The summed E-state index contributed by atoms with van der Waals surface area (Å²) in [5.74, 6) is 0.302. The minimum Gasteiger partial charge on any atom is -0.338 e. The van der Waals surface area contributed by atoms with E-state index in [0.717, 1.165) is 131 Å². The second-order valence-corrected chi connectivity index (χ2v) is 22.2. The van der Waals surface area contributed by atoms with E-state index in [-0.39, 0.29) is 28.9 Å². The number of carbonyl (C=O) groups excluding carboxylic acids is 3. The minimum absolute atomic E-state index is 0.101. The maximum atomic E-state index is 13.6. The molecule has 12 heteroatoms. The molecule has 72 heavy (non-hydrogen) atoms. The molecule has 2 N–H and O–H groups in total. The number of rotatable bonds is 11. The summed E-state index contributed by atoms with van der Waals surface area (Å²) in [6, 6.07) is 24.8. The van der Waals surface area contributed by atoms with Crippen LogP contribution in [0.25, 0.3) is 0 Å². The fraction of sp³-hybridized carbons (Fsp3) is 0.567. The van der Waals surface area contributed by atoms with Gasteiger partial charge in [-0.25, -0.2) is 4.79 Å². The van der Waals surface area contributed by atoms with Crippen LogP contribution in [0, 0.1) is 34.6 Å². The number of likely N-dealkylation sites (tertiary alicyclic amines) is 2. The Balaban J connectivity index is 0.000000216. The van der Waals surface area contributed by atoms with Gasteiger partial charge >= 0.3 is 6.03 Å². The lowest BCUT2D eigenvalue weighted by atomic mass is 9.85. The van der Waals surface area contributed by atoms with Crippen LogP contribution < -0.4 is 10.6 Å². The highest BCUT2D eigenvalue weighted by Crippen LogP contribution is 2.37. The van der Waals surface area contributed by atoms with Crippen molar-refractivity contribution in [2.75, 3.05) is 77.3 Å². The molecular formula is C60H87N9O3. The summed E-state index contributed by atoms with van der Waals surface area (Å²) in [5, 5.41) is 5.61. The summed E-state index contributed by atoms with van der Waals surface area (Å²) in [5.41, 5.74) is 10.7. The maximum absolute atomic E-state index is 13.6. The number of piperidine rings is 2. The van der Waals surface area contributed by atoms with Crippen molar-refractivity contribution in [2.45, 2.75) is 150 Å². The number of piperazine rings is 2. The van der Waals surface area contributed by atoms with Gasteiger partial charge in [-0.1, -0.05) is 55.0 Å². The highest BCUT2D eigenvalue weighted by Gasteiger charge is 2.43. The number of carbonyl (C=O) groups is 3. The van der Waals surface area contributed by atoms with Gasteiger partial charge in [0.2, 0.25) is 0 Å². The van der Waals surface area contributed by atoms with Gasteiger partial charge < -0.3 is 20.4 Å². The van der Waals surface area contributed by atoms with E-state index >= 15 is 0 Å². The zero-order chi connectivity index (χ0) is 51.9. The Bertz CT molecular complexity index is 2420. The molecule has 4 fully saturated rings. The molecular weight excluding hydrogens is 895 g/mol. The van der Waals surface area contributed by atoms with Crippen LogP contribution >= 0.6 is 0 Å². The molecule has 4 aliphatic rings. The Morgan fingerprint density at radius 2 is 1.10 bits per heavy atom. The van der Waals surface area contributed by atoms with E-state index in [1.807, 2.05) is 82.2 Å². The Morgan fingerprint density at radius 1 is 0.625 bits per heavy atom. The summed E-state index contributed by atoms with van der Waals surface area (Å²) in [6.45, 7) is 36.4. The molecule has 1 aromatic heterocycles. The largest absolute Gasteiger partial charge is 0.338 e. The van der Waals surface area contributed by atoms with Gasteiger partial charge in [-0.05, 0) is 166 Å². The SMILES string of the molecule is CCNC(=O)Nc1cc(C)c(C(=O)N2CCC(C)(N3CCN([C@@H](CC)c4ccc(C)cc4)[C@@H](C)C3)CC2)c(C)c1.Cc1cccc(C)c1C(=O)N1CCC(C)(N2CCN([C@@H](C)c3ccncc3)[C@@H](C)C2)CC1. The number of urea groups is 1. The number of hydrogen-bond acceptors (Lipinski definition) is 8. The van der Waals surface area contributed by atoms with Gasteiger partial charge in [0.15, 0.2) is 0 Å². The molecule has 5 heterocycles. The topological polar surface area (TPSA) is 108 Å². The van der Waals surface area contributed by atoms with Crippen molar-refractivity contribution >= 4 is 23.5 Å². The molecule has 0 unspecified atom stereocenters. The predicted molar refractivity (Wildman–Crippen MR) is 294 cm³/mol. The van der Waals surface area contributed by atoms with E-state index in [2.05, 4.69) is 125 Å². The van der Waals surface area contributed by atoms with Gasteiger partial charge in [-0.3, -0.25) is 34.2 Å². The Hall–Kier alpha value is -5.14. The first-order valence-corrected chi connectivity index (χ1v) is 27.1. The Morgan fingerprint density at radius 3 is 1.56 bits per heavy atom. The number of nitrogens with one attached hydrogen (secondary N) is 2. The minimum atomic E-state index is -0.230. The number of pyridine rings is 1. The normalized spacial score (nSPS) is 21.8. The van der Waals surface area contributed by atoms with Crippen LogP contribution in [0.4, 0.5) is 10.5 Å². The summed E-state index contributed by atoms with van der Waals surface area (Å²) in [6.07, 6.45) is 8.93. The standard InChI is InChI=1S/C33H49N5O2.C27H38N4O/c1-8-29(27-12-10-23(3)11-13-27)38-19-18-37(22-26(38)6)33(7)14-16-36(17-15-33)31(39)30-24(4)20-28(21-25(30)5)35-32(40)34-9-2;1-20-7-6-8-21(2)25(20)26(32)29-15-11-27(5,12-16-29)30-17-18-31(22(3)19-30)23(4)24-9-13-28-14-10-24/h10-13,20-21,26,29H,8-9,14-19,22H2,1-7H3,(H2,34,35,40);6-10,13-14,22-23H,11-12,15-19H2,1-5H3/t26-,29-;22-,23-/m00/s1. The number of aryl methyl sites for hydroxylation is 5. The number of anilines is 1. The molecule has 0 aliphatic carbocycles. The summed E-state index contributed by atoms with van der Waals surface area (Å²) in [7, 11) is 0. The average Bonchev–Trinajstić information content (AvgIpc) is 3.35. The zero-order valence-electron chi connectivity index (χ0n) is 46.0. The van der Waals surface area contributed by atoms with Crippen molar-refractivity contribution in [2.24, 2.45) is 0 Å². The van der Waals surface area contributed by atoms with E-state index in [1.54, 1.807) is 0 Å². The van der Waals surface area contributed by atoms with Crippen LogP contribution in [0.5, 0.6) is 0 Å². The van der Waals surface area contributed by atoms with E-state index in [4.69, 9.17) is 0 Å². The van der Waals surface area contributed by atoms with Crippen LogP contribution in [0.2, 0.25) is 0 Å².